The fourth-order valence-electron chi connectivity index (χ4n) is 2.75. The van der Waals surface area contributed by atoms with Gasteiger partial charge in [-0.05, 0) is 31.4 Å². The van der Waals surface area contributed by atoms with E-state index in [-0.39, 0.29) is 12.9 Å². The molecule has 2 aromatic rings. The third-order valence-electron chi connectivity index (χ3n) is 4.00. The third-order valence-corrected chi connectivity index (χ3v) is 4.63. The second kappa shape index (κ2) is 8.32. The number of halogens is 2. The van der Waals surface area contributed by atoms with E-state index >= 15 is 0 Å². The van der Waals surface area contributed by atoms with Gasteiger partial charge in [-0.25, -0.2) is 0 Å². The number of nitrogens with zero attached hydrogens (tertiary/aromatic N) is 1. The molecule has 1 aliphatic rings. The van der Waals surface area contributed by atoms with Gasteiger partial charge in [-0.2, -0.15) is 0 Å². The van der Waals surface area contributed by atoms with Gasteiger partial charge in [-0.1, -0.05) is 34.4 Å². The number of aromatic nitrogens is 1. The minimum absolute atomic E-state index is 0.156. The van der Waals surface area contributed by atoms with Crippen LogP contribution in [0.5, 0.6) is 0 Å². The average molecular weight is 372 g/mol. The first-order valence-electron chi connectivity index (χ1n) is 7.96. The largest absolute Gasteiger partial charge is 0.391 e. The van der Waals surface area contributed by atoms with E-state index in [1.54, 1.807) is 18.2 Å². The first kappa shape index (κ1) is 17.7. The number of aliphatic hydroxyl groups is 1. The van der Waals surface area contributed by atoms with Crippen molar-refractivity contribution in [2.75, 3.05) is 13.2 Å². The van der Waals surface area contributed by atoms with Gasteiger partial charge in [-0.15, -0.1) is 0 Å². The SMILES string of the molecule is OCc1c(-c2c(Cl)cccc2Cl)noc1CCOC1CCCCO1. The maximum absolute atomic E-state index is 9.73. The Labute approximate surface area is 150 Å². The van der Waals surface area contributed by atoms with Crippen molar-refractivity contribution < 1.29 is 19.1 Å². The first-order valence-corrected chi connectivity index (χ1v) is 8.72. The van der Waals surface area contributed by atoms with Crippen molar-refractivity contribution in [3.8, 4) is 11.3 Å². The van der Waals surface area contributed by atoms with Crippen LogP contribution in [0.4, 0.5) is 0 Å². The van der Waals surface area contributed by atoms with Crippen LogP contribution >= 0.6 is 23.2 Å². The number of ether oxygens (including phenoxy) is 2. The quantitative estimate of drug-likeness (QED) is 0.822. The summed E-state index contributed by atoms with van der Waals surface area (Å²) in [4.78, 5) is 0. The Morgan fingerprint density at radius 2 is 2.04 bits per heavy atom. The normalized spacial score (nSPS) is 18.0. The Morgan fingerprint density at radius 1 is 1.25 bits per heavy atom. The highest BCUT2D eigenvalue weighted by molar-refractivity contribution is 6.39. The zero-order chi connectivity index (χ0) is 16.9. The molecule has 0 spiro atoms. The first-order chi connectivity index (χ1) is 11.7. The van der Waals surface area contributed by atoms with E-state index in [1.165, 1.54) is 0 Å². The Hall–Kier alpha value is -1.11. The van der Waals surface area contributed by atoms with Crippen LogP contribution in [0.3, 0.4) is 0 Å². The Kier molecular flexibility index (Phi) is 6.14. The zero-order valence-electron chi connectivity index (χ0n) is 13.1. The van der Waals surface area contributed by atoms with E-state index in [2.05, 4.69) is 5.16 Å². The summed E-state index contributed by atoms with van der Waals surface area (Å²) in [7, 11) is 0. The molecule has 1 fully saturated rings. The Bertz CT molecular complexity index is 663. The topological polar surface area (TPSA) is 64.7 Å². The van der Waals surface area contributed by atoms with E-state index in [0.29, 0.717) is 45.7 Å². The van der Waals surface area contributed by atoms with E-state index < -0.39 is 0 Å². The van der Waals surface area contributed by atoms with Crippen LogP contribution in [0, 0.1) is 0 Å². The molecule has 3 rings (SSSR count). The van der Waals surface area contributed by atoms with Crippen LogP contribution in [0.2, 0.25) is 10.0 Å². The number of hydrogen-bond donors (Lipinski definition) is 1. The summed E-state index contributed by atoms with van der Waals surface area (Å²) in [5.74, 6) is 0.569. The molecular weight excluding hydrogens is 353 g/mol. The van der Waals surface area contributed by atoms with Gasteiger partial charge in [0.05, 0.1) is 23.3 Å². The van der Waals surface area contributed by atoms with Gasteiger partial charge in [0.2, 0.25) is 0 Å². The third kappa shape index (κ3) is 3.92. The van der Waals surface area contributed by atoms with E-state index in [9.17, 15) is 5.11 Å². The molecule has 1 N–H and O–H groups in total. The highest BCUT2D eigenvalue weighted by atomic mass is 35.5. The molecule has 0 saturated carbocycles. The summed E-state index contributed by atoms with van der Waals surface area (Å²) in [5.41, 5.74) is 1.62. The fraction of sp³-hybridized carbons (Fsp3) is 0.471. The molecule has 0 aliphatic carbocycles. The summed E-state index contributed by atoms with van der Waals surface area (Å²) in [6, 6.07) is 5.20. The molecule has 0 radical (unpaired) electrons. The van der Waals surface area contributed by atoms with Crippen molar-refractivity contribution in [1.29, 1.82) is 0 Å². The summed E-state index contributed by atoms with van der Waals surface area (Å²) < 4.78 is 16.6. The van der Waals surface area contributed by atoms with E-state index in [4.69, 9.17) is 37.2 Å². The fourth-order valence-corrected chi connectivity index (χ4v) is 3.33. The molecule has 1 aliphatic heterocycles. The lowest BCUT2D eigenvalue weighted by molar-refractivity contribution is -0.162. The molecule has 24 heavy (non-hydrogen) atoms. The molecule has 1 unspecified atom stereocenters. The summed E-state index contributed by atoms with van der Waals surface area (Å²) in [5, 5.41) is 14.7. The number of rotatable bonds is 6. The average Bonchev–Trinajstić information content (AvgIpc) is 2.98. The number of aliphatic hydroxyl groups excluding tert-OH is 1. The molecule has 2 heterocycles. The van der Waals surface area contributed by atoms with Crippen molar-refractivity contribution in [3.05, 3.63) is 39.6 Å². The highest BCUT2D eigenvalue weighted by Crippen LogP contribution is 2.37. The summed E-state index contributed by atoms with van der Waals surface area (Å²) in [6.45, 7) is 0.961. The lowest BCUT2D eigenvalue weighted by atomic mass is 10.1. The lowest BCUT2D eigenvalue weighted by Gasteiger charge is -2.22. The van der Waals surface area contributed by atoms with Crippen LogP contribution in [0.15, 0.2) is 22.7 Å². The molecule has 130 valence electrons. The second-order valence-electron chi connectivity index (χ2n) is 5.60. The van der Waals surface area contributed by atoms with E-state index in [0.717, 1.165) is 25.9 Å². The molecule has 1 saturated heterocycles. The van der Waals surface area contributed by atoms with E-state index in [1.807, 2.05) is 0 Å². The smallest absolute Gasteiger partial charge is 0.157 e. The van der Waals surface area contributed by atoms with Gasteiger partial charge >= 0.3 is 0 Å². The van der Waals surface area contributed by atoms with Gasteiger partial charge < -0.3 is 19.1 Å². The minimum Gasteiger partial charge on any atom is -0.391 e. The van der Waals surface area contributed by atoms with Crippen molar-refractivity contribution >= 4 is 23.2 Å². The van der Waals surface area contributed by atoms with Crippen LogP contribution in [-0.2, 0) is 22.5 Å². The summed E-state index contributed by atoms with van der Waals surface area (Å²) >= 11 is 12.4. The standard InChI is InChI=1S/C17H19Cl2NO4/c18-12-4-3-5-13(19)16(12)17-11(10-21)14(24-20-17)7-9-23-15-6-1-2-8-22-15/h3-5,15,21H,1-2,6-10H2. The maximum atomic E-state index is 9.73. The van der Waals surface area contributed by atoms with Gasteiger partial charge in [0.25, 0.3) is 0 Å². The predicted octanol–water partition coefficient (Wildman–Crippen LogP) is 4.23. The molecule has 1 aromatic heterocycles. The van der Waals surface area contributed by atoms with Crippen LogP contribution < -0.4 is 0 Å². The lowest BCUT2D eigenvalue weighted by Crippen LogP contribution is -2.23. The predicted molar refractivity (Wildman–Crippen MR) is 91.1 cm³/mol. The van der Waals surface area contributed by atoms with Crippen molar-refractivity contribution in [3.63, 3.8) is 0 Å². The highest BCUT2D eigenvalue weighted by Gasteiger charge is 2.21. The second-order valence-corrected chi connectivity index (χ2v) is 6.42. The van der Waals surface area contributed by atoms with Crippen LogP contribution in [0.25, 0.3) is 11.3 Å². The van der Waals surface area contributed by atoms with Gasteiger partial charge in [-0.3, -0.25) is 0 Å². The molecule has 0 amide bonds. The molecule has 0 bridgehead atoms. The molecular formula is C17H19Cl2NO4. The Balaban J connectivity index is 1.72. The van der Waals surface area contributed by atoms with Crippen molar-refractivity contribution in [1.82, 2.24) is 5.16 Å². The molecule has 7 heteroatoms. The van der Waals surface area contributed by atoms with Gasteiger partial charge in [0, 0.05) is 24.2 Å². The maximum Gasteiger partial charge on any atom is 0.157 e. The summed E-state index contributed by atoms with van der Waals surface area (Å²) in [6.07, 6.45) is 3.44. The molecule has 1 atom stereocenters. The van der Waals surface area contributed by atoms with Gasteiger partial charge in [0.1, 0.15) is 11.5 Å². The van der Waals surface area contributed by atoms with Crippen molar-refractivity contribution in [2.45, 2.75) is 38.6 Å². The number of benzene rings is 1. The van der Waals surface area contributed by atoms with Crippen LogP contribution in [-0.4, -0.2) is 29.8 Å². The Morgan fingerprint density at radius 3 is 2.71 bits per heavy atom. The molecule has 5 nitrogen and oxygen atoms in total. The minimum atomic E-state index is -0.213. The van der Waals surface area contributed by atoms with Crippen LogP contribution in [0.1, 0.15) is 30.6 Å². The molecule has 1 aromatic carbocycles. The monoisotopic (exact) mass is 371 g/mol. The van der Waals surface area contributed by atoms with Crippen molar-refractivity contribution in [2.24, 2.45) is 0 Å². The zero-order valence-corrected chi connectivity index (χ0v) is 14.6. The van der Waals surface area contributed by atoms with Gasteiger partial charge in [0.15, 0.2) is 6.29 Å². The number of hydrogen-bond acceptors (Lipinski definition) is 5.